The lowest BCUT2D eigenvalue weighted by Gasteiger charge is -1.99. The van der Waals surface area contributed by atoms with Crippen LogP contribution in [0.2, 0.25) is 0 Å². The molecule has 0 aromatic heterocycles. The lowest BCUT2D eigenvalue weighted by molar-refractivity contribution is -0.151. The van der Waals surface area contributed by atoms with Gasteiger partial charge in [0.25, 0.3) is 0 Å². The fraction of sp³-hybridized carbons (Fsp3) is 0.400. The summed E-state index contributed by atoms with van der Waals surface area (Å²) < 4.78 is 4.30. The molecule has 0 unspecified atom stereocenters. The van der Waals surface area contributed by atoms with Gasteiger partial charge in [-0.05, 0) is 6.92 Å². The van der Waals surface area contributed by atoms with Crippen molar-refractivity contribution in [1.82, 2.24) is 0 Å². The Morgan fingerprint density at radius 3 is 2.62 bits per heavy atom. The Labute approximate surface area is 46.6 Å². The molecule has 8 heavy (non-hydrogen) atoms. The summed E-state index contributed by atoms with van der Waals surface area (Å²) in [5, 5.41) is 8.66. The van der Waals surface area contributed by atoms with Gasteiger partial charge in [-0.3, -0.25) is 0 Å². The smallest absolute Gasteiger partial charge is 0.333 e. The Kier molecular flexibility index (Phi) is 1.06. The molecule has 3 nitrogen and oxygen atoms in total. The summed E-state index contributed by atoms with van der Waals surface area (Å²) in [5.41, 5.74) is 0.565. The third-order valence-electron chi connectivity index (χ3n) is 0.963. The molecular weight excluding hydrogens is 108 g/mol. The van der Waals surface area contributed by atoms with E-state index in [-0.39, 0.29) is 0 Å². The van der Waals surface area contributed by atoms with Crippen LogP contribution in [0.3, 0.4) is 0 Å². The summed E-state index contributed by atoms with van der Waals surface area (Å²) in [6, 6.07) is 0. The summed E-state index contributed by atoms with van der Waals surface area (Å²) >= 11 is 0. The third-order valence-corrected chi connectivity index (χ3v) is 0.963. The minimum Gasteiger partial charge on any atom is -0.429 e. The zero-order valence-electron chi connectivity index (χ0n) is 4.42. The number of hydrogen-bond donors (Lipinski definition) is 1. The van der Waals surface area contributed by atoms with Crippen molar-refractivity contribution in [1.29, 1.82) is 0 Å². The molecule has 1 rings (SSSR count). The summed E-state index contributed by atoms with van der Waals surface area (Å²) in [7, 11) is 0. The molecule has 1 aliphatic heterocycles. The summed E-state index contributed by atoms with van der Waals surface area (Å²) in [4.78, 5) is 10.2. The van der Waals surface area contributed by atoms with E-state index in [1.54, 1.807) is 6.92 Å². The highest BCUT2D eigenvalue weighted by Crippen LogP contribution is 2.10. The minimum absolute atomic E-state index is 0.463. The highest BCUT2D eigenvalue weighted by molar-refractivity contribution is 5.85. The van der Waals surface area contributed by atoms with Crippen molar-refractivity contribution in [3.8, 4) is 0 Å². The molecule has 1 heterocycles. The minimum atomic E-state index is -0.998. The van der Waals surface area contributed by atoms with Crippen LogP contribution < -0.4 is 0 Å². The maximum atomic E-state index is 10.2. The number of aliphatic hydroxyl groups is 1. The Morgan fingerprint density at radius 2 is 2.50 bits per heavy atom. The Bertz CT molecular complexity index is 148. The van der Waals surface area contributed by atoms with Gasteiger partial charge in [-0.15, -0.1) is 0 Å². The highest BCUT2D eigenvalue weighted by atomic mass is 16.6. The van der Waals surface area contributed by atoms with Crippen LogP contribution >= 0.6 is 0 Å². The molecule has 0 spiro atoms. The van der Waals surface area contributed by atoms with E-state index in [9.17, 15) is 4.79 Å². The lowest BCUT2D eigenvalue weighted by Crippen LogP contribution is -2.07. The molecule has 0 aromatic rings. The van der Waals surface area contributed by atoms with Crippen molar-refractivity contribution in [2.45, 2.75) is 13.2 Å². The van der Waals surface area contributed by atoms with E-state index >= 15 is 0 Å². The SMILES string of the molecule is CC1=CC(=O)O[C@H]1O. The van der Waals surface area contributed by atoms with Gasteiger partial charge in [0.15, 0.2) is 0 Å². The van der Waals surface area contributed by atoms with Crippen LogP contribution in [0, 0.1) is 0 Å². The first-order valence-corrected chi connectivity index (χ1v) is 2.27. The van der Waals surface area contributed by atoms with Gasteiger partial charge in [0.2, 0.25) is 6.29 Å². The number of rotatable bonds is 0. The van der Waals surface area contributed by atoms with Gasteiger partial charge >= 0.3 is 5.97 Å². The van der Waals surface area contributed by atoms with Crippen LogP contribution in [-0.4, -0.2) is 17.4 Å². The average Bonchev–Trinajstić information content (AvgIpc) is 1.85. The standard InChI is InChI=1S/C5H6O3/c1-3-2-4(6)8-5(3)7/h2,5,7H,1H3/t5-/m1/s1. The Hall–Kier alpha value is -0.830. The predicted molar refractivity (Wildman–Crippen MR) is 25.9 cm³/mol. The van der Waals surface area contributed by atoms with Gasteiger partial charge in [0.1, 0.15) is 0 Å². The van der Waals surface area contributed by atoms with Crippen molar-refractivity contribution >= 4 is 5.97 Å². The highest BCUT2D eigenvalue weighted by Gasteiger charge is 2.18. The molecular formula is C5H6O3. The number of cyclic esters (lactones) is 1. The maximum Gasteiger partial charge on any atom is 0.333 e. The second-order valence-electron chi connectivity index (χ2n) is 1.68. The summed E-state index contributed by atoms with van der Waals surface area (Å²) in [6.07, 6.45) is 0.271. The zero-order chi connectivity index (χ0) is 6.15. The molecule has 0 saturated carbocycles. The van der Waals surface area contributed by atoms with Crippen molar-refractivity contribution in [3.05, 3.63) is 11.6 Å². The molecule has 0 bridgehead atoms. The first-order valence-electron chi connectivity index (χ1n) is 2.27. The molecule has 1 atom stereocenters. The van der Waals surface area contributed by atoms with Crippen molar-refractivity contribution in [2.75, 3.05) is 0 Å². The molecule has 0 radical (unpaired) electrons. The molecule has 0 aromatic carbocycles. The molecule has 0 amide bonds. The lowest BCUT2D eigenvalue weighted by atomic mass is 10.3. The zero-order valence-corrected chi connectivity index (χ0v) is 4.42. The molecule has 1 N–H and O–H groups in total. The van der Waals surface area contributed by atoms with Crippen molar-refractivity contribution in [3.63, 3.8) is 0 Å². The van der Waals surface area contributed by atoms with E-state index in [0.717, 1.165) is 0 Å². The van der Waals surface area contributed by atoms with E-state index in [1.165, 1.54) is 6.08 Å². The van der Waals surface area contributed by atoms with Gasteiger partial charge in [-0.2, -0.15) is 0 Å². The molecule has 0 aliphatic carbocycles. The number of hydrogen-bond acceptors (Lipinski definition) is 3. The van der Waals surface area contributed by atoms with Gasteiger partial charge < -0.3 is 9.84 Å². The second kappa shape index (κ2) is 1.59. The van der Waals surface area contributed by atoms with Gasteiger partial charge in [0, 0.05) is 11.6 Å². The van der Waals surface area contributed by atoms with Crippen LogP contribution in [0.5, 0.6) is 0 Å². The van der Waals surface area contributed by atoms with E-state index in [2.05, 4.69) is 4.74 Å². The predicted octanol–water partition coefficient (Wildman–Crippen LogP) is -0.192. The number of esters is 1. The van der Waals surface area contributed by atoms with Crippen LogP contribution in [0.1, 0.15) is 6.92 Å². The molecule has 1 aliphatic rings. The molecule has 0 fully saturated rings. The van der Waals surface area contributed by atoms with Crippen LogP contribution in [-0.2, 0) is 9.53 Å². The normalized spacial score (nSPS) is 27.5. The van der Waals surface area contributed by atoms with E-state index in [1.807, 2.05) is 0 Å². The number of aliphatic hydroxyl groups excluding tert-OH is 1. The third kappa shape index (κ3) is 0.721. The van der Waals surface area contributed by atoms with E-state index in [0.29, 0.717) is 5.57 Å². The summed E-state index contributed by atoms with van der Waals surface area (Å²) in [6.45, 7) is 1.63. The molecule has 0 saturated heterocycles. The topological polar surface area (TPSA) is 46.5 Å². The fourth-order valence-corrected chi connectivity index (χ4v) is 0.494. The number of carbonyl (C=O) groups is 1. The molecule has 3 heteroatoms. The van der Waals surface area contributed by atoms with E-state index < -0.39 is 12.3 Å². The first-order chi connectivity index (χ1) is 3.70. The largest absolute Gasteiger partial charge is 0.429 e. The van der Waals surface area contributed by atoms with Gasteiger partial charge in [-0.1, -0.05) is 0 Å². The van der Waals surface area contributed by atoms with Gasteiger partial charge in [0.05, 0.1) is 0 Å². The van der Waals surface area contributed by atoms with Crippen molar-refractivity contribution < 1.29 is 14.6 Å². The first kappa shape index (κ1) is 5.31. The number of carbonyl (C=O) groups excluding carboxylic acids is 1. The van der Waals surface area contributed by atoms with E-state index in [4.69, 9.17) is 5.11 Å². The fourth-order valence-electron chi connectivity index (χ4n) is 0.494. The van der Waals surface area contributed by atoms with Crippen LogP contribution in [0.15, 0.2) is 11.6 Å². The van der Waals surface area contributed by atoms with Gasteiger partial charge in [-0.25, -0.2) is 4.79 Å². The molecule has 44 valence electrons. The number of ether oxygens (including phenoxy) is 1. The summed E-state index contributed by atoms with van der Waals surface area (Å²) in [5.74, 6) is -0.463. The Morgan fingerprint density at radius 1 is 1.88 bits per heavy atom. The van der Waals surface area contributed by atoms with Crippen molar-refractivity contribution in [2.24, 2.45) is 0 Å². The average molecular weight is 114 g/mol. The second-order valence-corrected chi connectivity index (χ2v) is 1.68. The van der Waals surface area contributed by atoms with Crippen LogP contribution in [0.4, 0.5) is 0 Å². The van der Waals surface area contributed by atoms with Crippen LogP contribution in [0.25, 0.3) is 0 Å². The monoisotopic (exact) mass is 114 g/mol. The Balaban J connectivity index is 2.73. The quantitative estimate of drug-likeness (QED) is 0.444. The maximum absolute atomic E-state index is 10.2.